The third-order valence-corrected chi connectivity index (χ3v) is 3.78. The van der Waals surface area contributed by atoms with Crippen molar-refractivity contribution in [3.63, 3.8) is 0 Å². The molecule has 0 spiro atoms. The molecule has 2 rings (SSSR count). The Morgan fingerprint density at radius 1 is 1.28 bits per heavy atom. The molecule has 18 heavy (non-hydrogen) atoms. The molecule has 0 aliphatic heterocycles. The van der Waals surface area contributed by atoms with E-state index in [-0.39, 0.29) is 0 Å². The van der Waals surface area contributed by atoms with Gasteiger partial charge in [-0.1, -0.05) is 0 Å². The number of rotatable bonds is 3. The summed E-state index contributed by atoms with van der Waals surface area (Å²) in [5.41, 5.74) is 9.74. The van der Waals surface area contributed by atoms with E-state index in [1.54, 1.807) is 11.3 Å². The van der Waals surface area contributed by atoms with Crippen LogP contribution in [-0.2, 0) is 6.54 Å². The highest BCUT2D eigenvalue weighted by atomic mass is 32.1. The van der Waals surface area contributed by atoms with Gasteiger partial charge in [0.2, 0.25) is 0 Å². The van der Waals surface area contributed by atoms with Gasteiger partial charge in [0.25, 0.3) is 0 Å². The lowest BCUT2D eigenvalue weighted by Crippen LogP contribution is -2.20. The van der Waals surface area contributed by atoms with Crippen molar-refractivity contribution in [1.82, 2.24) is 15.0 Å². The van der Waals surface area contributed by atoms with E-state index in [2.05, 4.69) is 19.9 Å². The fourth-order valence-corrected chi connectivity index (χ4v) is 2.60. The normalized spacial score (nSPS) is 10.7. The second-order valence-corrected chi connectivity index (χ2v) is 5.26. The average Bonchev–Trinajstić information content (AvgIpc) is 2.69. The number of hydrogen-bond donors (Lipinski definition) is 1. The lowest BCUT2D eigenvalue weighted by Gasteiger charge is -2.20. The van der Waals surface area contributed by atoms with Crippen LogP contribution in [0, 0.1) is 20.8 Å². The molecule has 2 heterocycles. The minimum atomic E-state index is 0.547. The lowest BCUT2D eigenvalue weighted by molar-refractivity contribution is 0.875. The summed E-state index contributed by atoms with van der Waals surface area (Å²) in [6.07, 6.45) is 0. The van der Waals surface area contributed by atoms with Crippen molar-refractivity contribution in [3.8, 4) is 0 Å². The van der Waals surface area contributed by atoms with E-state index < -0.39 is 0 Å². The fourth-order valence-electron chi connectivity index (χ4n) is 1.77. The molecule has 0 radical (unpaired) electrons. The first-order chi connectivity index (χ1) is 8.49. The first-order valence-corrected chi connectivity index (χ1v) is 6.57. The van der Waals surface area contributed by atoms with Crippen LogP contribution in [0.2, 0.25) is 0 Å². The minimum Gasteiger partial charge on any atom is -0.383 e. The van der Waals surface area contributed by atoms with Crippen molar-refractivity contribution in [2.24, 2.45) is 0 Å². The summed E-state index contributed by atoms with van der Waals surface area (Å²) in [4.78, 5) is 16.2. The summed E-state index contributed by atoms with van der Waals surface area (Å²) in [6, 6.07) is 0. The van der Waals surface area contributed by atoms with E-state index in [0.29, 0.717) is 11.6 Å². The fraction of sp³-hybridized carbons (Fsp3) is 0.417. The van der Waals surface area contributed by atoms with Gasteiger partial charge in [-0.2, -0.15) is 0 Å². The number of nitrogens with two attached hydrogens (primary N) is 1. The smallest absolute Gasteiger partial charge is 0.137 e. The maximum atomic E-state index is 5.88. The third kappa shape index (κ3) is 2.43. The highest BCUT2D eigenvalue weighted by Gasteiger charge is 2.13. The second-order valence-electron chi connectivity index (χ2n) is 4.32. The van der Waals surface area contributed by atoms with Crippen LogP contribution >= 0.6 is 11.3 Å². The van der Waals surface area contributed by atoms with Crippen LogP contribution < -0.4 is 10.6 Å². The topological polar surface area (TPSA) is 67.9 Å². The quantitative estimate of drug-likeness (QED) is 0.918. The summed E-state index contributed by atoms with van der Waals surface area (Å²) in [5.74, 6) is 2.12. The zero-order chi connectivity index (χ0) is 13.3. The highest BCUT2D eigenvalue weighted by molar-refractivity contribution is 7.09. The molecule has 0 aromatic carbocycles. The van der Waals surface area contributed by atoms with E-state index in [1.807, 2.05) is 33.3 Å². The van der Waals surface area contributed by atoms with Crippen LogP contribution in [0.25, 0.3) is 0 Å². The van der Waals surface area contributed by atoms with E-state index in [4.69, 9.17) is 5.73 Å². The Morgan fingerprint density at radius 3 is 2.61 bits per heavy atom. The largest absolute Gasteiger partial charge is 0.383 e. The molecule has 0 fully saturated rings. The molecule has 96 valence electrons. The summed E-state index contributed by atoms with van der Waals surface area (Å²) >= 11 is 1.66. The van der Waals surface area contributed by atoms with Crippen LogP contribution in [0.3, 0.4) is 0 Å². The number of anilines is 2. The zero-order valence-electron chi connectivity index (χ0n) is 11.1. The standard InChI is InChI=1S/C12H17N5S/c1-7-11(13)15-9(3)16-12(7)17(4)5-10-8(2)14-6-18-10/h6H,5H2,1-4H3,(H2,13,15,16). The average molecular weight is 263 g/mol. The Balaban J connectivity index is 2.29. The Morgan fingerprint density at radius 2 is 2.00 bits per heavy atom. The third-order valence-electron chi connectivity index (χ3n) is 2.86. The molecule has 0 saturated heterocycles. The number of nitrogens with zero attached hydrogens (tertiary/aromatic N) is 4. The SMILES string of the molecule is Cc1nc(N)c(C)c(N(C)Cc2scnc2C)n1. The van der Waals surface area contributed by atoms with Crippen molar-refractivity contribution in [3.05, 3.63) is 27.5 Å². The maximum absolute atomic E-state index is 5.88. The van der Waals surface area contributed by atoms with Gasteiger partial charge in [0.15, 0.2) is 0 Å². The lowest BCUT2D eigenvalue weighted by atomic mass is 10.2. The number of aromatic nitrogens is 3. The summed E-state index contributed by atoms with van der Waals surface area (Å²) < 4.78 is 0. The molecule has 0 unspecified atom stereocenters. The predicted octanol–water partition coefficient (Wildman–Crippen LogP) is 2.08. The zero-order valence-corrected chi connectivity index (χ0v) is 11.9. The summed E-state index contributed by atoms with van der Waals surface area (Å²) in [7, 11) is 2.01. The molecule has 2 aromatic rings. The minimum absolute atomic E-state index is 0.547. The maximum Gasteiger partial charge on any atom is 0.137 e. The molecular formula is C12H17N5S. The van der Waals surface area contributed by atoms with Gasteiger partial charge < -0.3 is 10.6 Å². The Labute approximate surface area is 111 Å². The molecule has 0 aliphatic rings. The van der Waals surface area contributed by atoms with Crippen molar-refractivity contribution in [2.75, 3.05) is 17.7 Å². The molecule has 0 aliphatic carbocycles. The second kappa shape index (κ2) is 4.89. The van der Waals surface area contributed by atoms with Gasteiger partial charge in [-0.3, -0.25) is 0 Å². The Hall–Kier alpha value is -1.69. The van der Waals surface area contributed by atoms with Crippen molar-refractivity contribution in [1.29, 1.82) is 0 Å². The first kappa shape index (κ1) is 12.8. The van der Waals surface area contributed by atoms with E-state index >= 15 is 0 Å². The number of nitrogen functional groups attached to an aromatic ring is 1. The van der Waals surface area contributed by atoms with Gasteiger partial charge in [0.05, 0.1) is 17.7 Å². The molecule has 0 bridgehead atoms. The van der Waals surface area contributed by atoms with Gasteiger partial charge in [-0.25, -0.2) is 15.0 Å². The van der Waals surface area contributed by atoms with Crippen LogP contribution in [0.5, 0.6) is 0 Å². The van der Waals surface area contributed by atoms with Crippen molar-refractivity contribution >= 4 is 23.0 Å². The highest BCUT2D eigenvalue weighted by Crippen LogP contribution is 2.23. The molecule has 2 aromatic heterocycles. The van der Waals surface area contributed by atoms with Gasteiger partial charge >= 0.3 is 0 Å². The summed E-state index contributed by atoms with van der Waals surface area (Å²) in [6.45, 7) is 6.60. The van der Waals surface area contributed by atoms with Gasteiger partial charge in [-0.05, 0) is 20.8 Å². The number of thiazole rings is 1. The Kier molecular flexibility index (Phi) is 3.47. The van der Waals surface area contributed by atoms with Crippen LogP contribution in [0.1, 0.15) is 22.0 Å². The summed E-state index contributed by atoms with van der Waals surface area (Å²) in [5, 5.41) is 0. The van der Waals surface area contributed by atoms with E-state index in [1.165, 1.54) is 4.88 Å². The van der Waals surface area contributed by atoms with E-state index in [0.717, 1.165) is 23.6 Å². The predicted molar refractivity (Wildman–Crippen MR) is 74.9 cm³/mol. The van der Waals surface area contributed by atoms with Crippen LogP contribution in [0.15, 0.2) is 5.51 Å². The van der Waals surface area contributed by atoms with Crippen LogP contribution in [-0.4, -0.2) is 22.0 Å². The molecular weight excluding hydrogens is 246 g/mol. The molecule has 0 atom stereocenters. The van der Waals surface area contributed by atoms with Crippen LogP contribution in [0.4, 0.5) is 11.6 Å². The number of hydrogen-bond acceptors (Lipinski definition) is 6. The van der Waals surface area contributed by atoms with Crippen molar-refractivity contribution < 1.29 is 0 Å². The number of aryl methyl sites for hydroxylation is 2. The van der Waals surface area contributed by atoms with Gasteiger partial charge in [0.1, 0.15) is 17.5 Å². The molecule has 0 amide bonds. The first-order valence-electron chi connectivity index (χ1n) is 5.70. The monoisotopic (exact) mass is 263 g/mol. The van der Waals surface area contributed by atoms with Gasteiger partial charge in [-0.15, -0.1) is 11.3 Å². The van der Waals surface area contributed by atoms with E-state index in [9.17, 15) is 0 Å². The molecule has 6 heteroatoms. The Bertz CT molecular complexity index is 564. The molecule has 0 saturated carbocycles. The van der Waals surface area contributed by atoms with Crippen molar-refractivity contribution in [2.45, 2.75) is 27.3 Å². The molecule has 2 N–H and O–H groups in total. The molecule has 5 nitrogen and oxygen atoms in total. The van der Waals surface area contributed by atoms with Gasteiger partial charge in [0, 0.05) is 17.5 Å².